The molecule has 5 N–H and O–H groups in total. The molecule has 0 aliphatic heterocycles. The van der Waals surface area contributed by atoms with E-state index in [1.165, 1.54) is 0 Å². The normalized spacial score (nSPS) is 14.6. The van der Waals surface area contributed by atoms with Crippen molar-refractivity contribution < 1.29 is 9.84 Å². The number of nitrogen functional groups attached to an aromatic ring is 1. The number of pyridine rings is 1. The van der Waals surface area contributed by atoms with Gasteiger partial charge in [0.05, 0.1) is 0 Å². The third-order valence-corrected chi connectivity index (χ3v) is 2.17. The van der Waals surface area contributed by atoms with Crippen molar-refractivity contribution in [3.05, 3.63) is 18.3 Å². The van der Waals surface area contributed by atoms with Crippen molar-refractivity contribution in [2.45, 2.75) is 25.5 Å². The van der Waals surface area contributed by atoms with Crippen LogP contribution in [0.5, 0.6) is 5.75 Å². The summed E-state index contributed by atoms with van der Waals surface area (Å²) in [5.74, 6) is 0.787. The van der Waals surface area contributed by atoms with Gasteiger partial charge in [-0.1, -0.05) is 6.92 Å². The molecule has 0 bridgehead atoms. The number of hydrogen-bond acceptors (Lipinski definition) is 5. The molecule has 0 aliphatic rings. The van der Waals surface area contributed by atoms with Crippen molar-refractivity contribution in [2.75, 3.05) is 12.3 Å². The fourth-order valence-electron chi connectivity index (χ4n) is 1.10. The van der Waals surface area contributed by atoms with Gasteiger partial charge < -0.3 is 21.3 Å². The van der Waals surface area contributed by atoms with Gasteiger partial charge in [0.2, 0.25) is 0 Å². The molecule has 2 unspecified atom stereocenters. The monoisotopic (exact) mass is 211 g/mol. The molecule has 84 valence electrons. The quantitative estimate of drug-likeness (QED) is 0.644. The topological polar surface area (TPSA) is 94.4 Å². The highest BCUT2D eigenvalue weighted by Crippen LogP contribution is 2.17. The summed E-state index contributed by atoms with van der Waals surface area (Å²) in [6.45, 7) is 2.04. The number of hydrogen-bond donors (Lipinski definition) is 3. The van der Waals surface area contributed by atoms with Crippen LogP contribution in [0.3, 0.4) is 0 Å². The summed E-state index contributed by atoms with van der Waals surface area (Å²) in [5, 5.41) is 9.56. The Morgan fingerprint density at radius 1 is 1.60 bits per heavy atom. The van der Waals surface area contributed by atoms with Crippen LogP contribution in [0, 0.1) is 0 Å². The fourth-order valence-corrected chi connectivity index (χ4v) is 1.10. The fraction of sp³-hybridized carbons (Fsp3) is 0.500. The first-order chi connectivity index (χ1) is 7.15. The predicted molar refractivity (Wildman–Crippen MR) is 58.4 cm³/mol. The van der Waals surface area contributed by atoms with Gasteiger partial charge in [0.15, 0.2) is 11.6 Å². The van der Waals surface area contributed by atoms with Crippen LogP contribution in [-0.2, 0) is 0 Å². The van der Waals surface area contributed by atoms with E-state index >= 15 is 0 Å². The molecule has 0 fully saturated rings. The van der Waals surface area contributed by atoms with Crippen molar-refractivity contribution in [1.29, 1.82) is 0 Å². The van der Waals surface area contributed by atoms with Gasteiger partial charge in [0.25, 0.3) is 0 Å². The molecule has 0 aromatic carbocycles. The van der Waals surface area contributed by atoms with Crippen LogP contribution in [0.4, 0.5) is 5.82 Å². The van der Waals surface area contributed by atoms with E-state index in [0.29, 0.717) is 18.0 Å². The van der Waals surface area contributed by atoms with Crippen molar-refractivity contribution in [3.8, 4) is 5.75 Å². The van der Waals surface area contributed by atoms with E-state index in [1.807, 2.05) is 6.92 Å². The first kappa shape index (κ1) is 11.7. The summed E-state index contributed by atoms with van der Waals surface area (Å²) in [4.78, 5) is 3.86. The number of aliphatic hydroxyl groups is 1. The molecule has 1 aromatic heterocycles. The van der Waals surface area contributed by atoms with Crippen LogP contribution in [0.2, 0.25) is 0 Å². The zero-order chi connectivity index (χ0) is 11.3. The predicted octanol–water partition coefficient (Wildman–Crippen LogP) is 0.141. The number of aromatic nitrogens is 1. The molecule has 1 heterocycles. The van der Waals surface area contributed by atoms with Crippen molar-refractivity contribution in [3.63, 3.8) is 0 Å². The van der Waals surface area contributed by atoms with Gasteiger partial charge in [-0.2, -0.15) is 0 Å². The highest BCUT2D eigenvalue weighted by Gasteiger charge is 2.13. The SMILES string of the molecule is CCC(N)C(O)COc1cccnc1N. The summed E-state index contributed by atoms with van der Waals surface area (Å²) >= 11 is 0. The standard InChI is InChI=1S/C10H17N3O2/c1-2-7(11)8(14)6-15-9-4-3-5-13-10(9)12/h3-5,7-8,14H,2,6,11H2,1H3,(H2,12,13). The average Bonchev–Trinajstić information content (AvgIpc) is 2.26. The Morgan fingerprint density at radius 2 is 2.33 bits per heavy atom. The molecule has 1 aromatic rings. The van der Waals surface area contributed by atoms with Crippen LogP contribution in [0.15, 0.2) is 18.3 Å². The highest BCUT2D eigenvalue weighted by molar-refractivity contribution is 5.44. The number of rotatable bonds is 5. The molecule has 5 nitrogen and oxygen atoms in total. The minimum atomic E-state index is -0.686. The number of ether oxygens (including phenoxy) is 1. The Hall–Kier alpha value is -1.33. The van der Waals surface area contributed by atoms with Crippen molar-refractivity contribution >= 4 is 5.82 Å². The molecule has 0 aliphatic carbocycles. The lowest BCUT2D eigenvalue weighted by Gasteiger charge is -2.17. The molecule has 0 amide bonds. The molecule has 0 radical (unpaired) electrons. The van der Waals surface area contributed by atoms with Crippen LogP contribution >= 0.6 is 0 Å². The van der Waals surface area contributed by atoms with Crippen LogP contribution in [0.1, 0.15) is 13.3 Å². The molecule has 0 spiro atoms. The Labute approximate surface area is 89.1 Å². The average molecular weight is 211 g/mol. The minimum Gasteiger partial charge on any atom is -0.487 e. The molecule has 0 saturated carbocycles. The maximum atomic E-state index is 9.56. The second kappa shape index (κ2) is 5.53. The van der Waals surface area contributed by atoms with E-state index in [-0.39, 0.29) is 12.6 Å². The first-order valence-corrected chi connectivity index (χ1v) is 4.92. The maximum absolute atomic E-state index is 9.56. The largest absolute Gasteiger partial charge is 0.487 e. The van der Waals surface area contributed by atoms with E-state index < -0.39 is 6.10 Å². The van der Waals surface area contributed by atoms with Crippen LogP contribution in [-0.4, -0.2) is 28.8 Å². The van der Waals surface area contributed by atoms with Crippen molar-refractivity contribution in [1.82, 2.24) is 4.98 Å². The summed E-state index contributed by atoms with van der Waals surface area (Å²) in [5.41, 5.74) is 11.2. The van der Waals surface area contributed by atoms with Gasteiger partial charge in [-0.05, 0) is 18.6 Å². The van der Waals surface area contributed by atoms with Crippen LogP contribution < -0.4 is 16.2 Å². The second-order valence-corrected chi connectivity index (χ2v) is 3.34. The van der Waals surface area contributed by atoms with E-state index in [9.17, 15) is 5.11 Å². The third-order valence-electron chi connectivity index (χ3n) is 2.17. The highest BCUT2D eigenvalue weighted by atomic mass is 16.5. The van der Waals surface area contributed by atoms with Gasteiger partial charge in [-0.15, -0.1) is 0 Å². The van der Waals surface area contributed by atoms with Crippen molar-refractivity contribution in [2.24, 2.45) is 5.73 Å². The van der Waals surface area contributed by atoms with E-state index in [4.69, 9.17) is 16.2 Å². The van der Waals surface area contributed by atoms with E-state index in [1.54, 1.807) is 18.3 Å². The Morgan fingerprint density at radius 3 is 2.93 bits per heavy atom. The molecule has 0 saturated heterocycles. The summed E-state index contributed by atoms with van der Waals surface area (Å²) in [6, 6.07) is 3.15. The Balaban J connectivity index is 2.47. The number of nitrogens with two attached hydrogens (primary N) is 2. The lowest BCUT2D eigenvalue weighted by molar-refractivity contribution is 0.0842. The Kier molecular flexibility index (Phi) is 4.33. The number of aliphatic hydroxyl groups excluding tert-OH is 1. The summed E-state index contributed by atoms with van der Waals surface area (Å²) in [7, 11) is 0. The molecule has 5 heteroatoms. The lowest BCUT2D eigenvalue weighted by Crippen LogP contribution is -2.38. The zero-order valence-electron chi connectivity index (χ0n) is 8.76. The molecule has 1 rings (SSSR count). The van der Waals surface area contributed by atoms with Gasteiger partial charge in [-0.3, -0.25) is 0 Å². The van der Waals surface area contributed by atoms with E-state index in [2.05, 4.69) is 4.98 Å². The Bertz CT molecular complexity index is 306. The zero-order valence-corrected chi connectivity index (χ0v) is 8.76. The minimum absolute atomic E-state index is 0.130. The van der Waals surface area contributed by atoms with Gasteiger partial charge in [0.1, 0.15) is 12.7 Å². The van der Waals surface area contributed by atoms with E-state index in [0.717, 1.165) is 0 Å². The second-order valence-electron chi connectivity index (χ2n) is 3.34. The maximum Gasteiger partial charge on any atom is 0.166 e. The lowest BCUT2D eigenvalue weighted by atomic mass is 10.1. The van der Waals surface area contributed by atoms with Gasteiger partial charge >= 0.3 is 0 Å². The number of anilines is 1. The third kappa shape index (κ3) is 3.38. The smallest absolute Gasteiger partial charge is 0.166 e. The molecular formula is C10H17N3O2. The molecule has 15 heavy (non-hydrogen) atoms. The van der Waals surface area contributed by atoms with Crippen LogP contribution in [0.25, 0.3) is 0 Å². The molecule has 2 atom stereocenters. The van der Waals surface area contributed by atoms with Gasteiger partial charge in [0, 0.05) is 12.2 Å². The first-order valence-electron chi connectivity index (χ1n) is 4.92. The molecular weight excluding hydrogens is 194 g/mol. The summed E-state index contributed by atoms with van der Waals surface area (Å²) in [6.07, 6.45) is 1.60. The summed E-state index contributed by atoms with van der Waals surface area (Å²) < 4.78 is 5.30. The van der Waals surface area contributed by atoms with Gasteiger partial charge in [-0.25, -0.2) is 4.98 Å². The number of nitrogens with zero attached hydrogens (tertiary/aromatic N) is 1.